The summed E-state index contributed by atoms with van der Waals surface area (Å²) < 4.78 is 23.1. The summed E-state index contributed by atoms with van der Waals surface area (Å²) in [5.74, 6) is -2.52. The maximum absolute atomic E-state index is 14.2. The molecule has 3 aromatic rings. The summed E-state index contributed by atoms with van der Waals surface area (Å²) in [5, 5.41) is 25.7. The summed E-state index contributed by atoms with van der Waals surface area (Å²) in [6.07, 6.45) is 0.225. The van der Waals surface area contributed by atoms with E-state index in [1.54, 1.807) is 28.1 Å². The third-order valence-electron chi connectivity index (χ3n) is 11.1. The number of nitrogens with two attached hydrogens (primary N) is 1. The van der Waals surface area contributed by atoms with Gasteiger partial charge in [0, 0.05) is 38.2 Å². The molecule has 19 heteroatoms. The number of nitrogens with zero attached hydrogens (tertiary/aromatic N) is 2. The molecule has 3 aromatic carbocycles. The fourth-order valence-electron chi connectivity index (χ4n) is 6.82. The number of methoxy groups -OCH3 is 2. The van der Waals surface area contributed by atoms with Crippen LogP contribution in [0.4, 0.5) is 0 Å². The molecule has 0 bridgehead atoms. The van der Waals surface area contributed by atoms with Crippen molar-refractivity contribution in [2.24, 2.45) is 34.8 Å². The molecule has 19 nitrogen and oxygen atoms in total. The molecule has 0 aliphatic carbocycles. The van der Waals surface area contributed by atoms with Crippen LogP contribution in [0.5, 0.6) is 11.5 Å². The van der Waals surface area contributed by atoms with Gasteiger partial charge in [-0.3, -0.25) is 14.4 Å². The number of carbonyl (C=O) groups is 4. The second-order valence-electron chi connectivity index (χ2n) is 17.1. The minimum absolute atomic E-state index is 0.00830. The van der Waals surface area contributed by atoms with Crippen molar-refractivity contribution in [3.05, 3.63) is 115 Å². The quantitative estimate of drug-likeness (QED) is 0.0310. The highest BCUT2D eigenvalue weighted by atomic mass is 17.0. The number of amides is 3. The lowest BCUT2D eigenvalue weighted by molar-refractivity contribution is -0.763. The van der Waals surface area contributed by atoms with Crippen LogP contribution in [0.3, 0.4) is 0 Å². The van der Waals surface area contributed by atoms with Crippen LogP contribution < -0.4 is 25.8 Å². The standard InChI is InChI=1S/C46H63N5O14/c1-29(2)36(22-33-14-19-39(61-8)41(23-33)62-21-9-20-60-7)24-38(49-42(52)34-15-10-31(11-16-34)26-63-50(56)57)40(25-37(30(3)4)43(53)48-28-46(5,6)45(47)55)65-44(54)35-17-12-32(13-18-35)27-64-51(58)59/h10-19,23,29-30,36-38,40H,9,20-22,24-28H2,1-8H3,(H2,47,55)(H,48,53)(H,49,52). The Balaban J connectivity index is 2.13. The monoisotopic (exact) mass is 909 g/mol. The van der Waals surface area contributed by atoms with Crippen molar-refractivity contribution in [3.63, 3.8) is 0 Å². The number of hydrogen-bond donors (Lipinski definition) is 3. The van der Waals surface area contributed by atoms with Crippen molar-refractivity contribution < 1.29 is 58.0 Å². The zero-order valence-electron chi connectivity index (χ0n) is 38.4. The molecule has 4 N–H and O–H groups in total. The van der Waals surface area contributed by atoms with E-state index in [1.807, 2.05) is 45.9 Å². The van der Waals surface area contributed by atoms with Crippen LogP contribution in [0.25, 0.3) is 0 Å². The minimum Gasteiger partial charge on any atom is -0.493 e. The van der Waals surface area contributed by atoms with Gasteiger partial charge in [-0.25, -0.2) is 4.79 Å². The van der Waals surface area contributed by atoms with E-state index in [0.29, 0.717) is 48.7 Å². The van der Waals surface area contributed by atoms with Crippen LogP contribution in [-0.2, 0) is 48.4 Å². The van der Waals surface area contributed by atoms with Gasteiger partial charge in [0.15, 0.2) is 11.5 Å². The SMILES string of the molecule is COCCCOc1cc(CC(CC(NC(=O)c2ccc(CO[N+](=O)[O-])cc2)C(CC(C(=O)NCC(C)(C)C(N)=O)C(C)C)OC(=O)c2ccc(CO[N+](=O)[O-])cc2)C(C)C)ccc1OC. The predicted octanol–water partition coefficient (Wildman–Crippen LogP) is 6.05. The number of carbonyl (C=O) groups excluding carboxylic acids is 4. The van der Waals surface area contributed by atoms with Gasteiger partial charge in [-0.15, -0.1) is 20.2 Å². The molecule has 3 amide bonds. The Morgan fingerprint density at radius 2 is 1.32 bits per heavy atom. The zero-order chi connectivity index (χ0) is 48.3. The van der Waals surface area contributed by atoms with Gasteiger partial charge in [0.1, 0.15) is 19.3 Å². The third kappa shape index (κ3) is 17.5. The van der Waals surface area contributed by atoms with E-state index in [-0.39, 0.29) is 61.5 Å². The first-order valence-corrected chi connectivity index (χ1v) is 21.3. The Hall–Kier alpha value is -6.50. The van der Waals surface area contributed by atoms with Gasteiger partial charge < -0.3 is 45.0 Å². The molecular weight excluding hydrogens is 847 g/mol. The van der Waals surface area contributed by atoms with Gasteiger partial charge in [-0.2, -0.15) is 0 Å². The van der Waals surface area contributed by atoms with Crippen molar-refractivity contribution in [3.8, 4) is 11.5 Å². The average Bonchev–Trinajstić information content (AvgIpc) is 3.26. The van der Waals surface area contributed by atoms with E-state index in [0.717, 1.165) is 5.56 Å². The molecule has 0 radical (unpaired) electrons. The van der Waals surface area contributed by atoms with E-state index in [1.165, 1.54) is 48.5 Å². The normalized spacial score (nSPS) is 13.2. The fourth-order valence-corrected chi connectivity index (χ4v) is 6.82. The molecule has 0 fully saturated rings. The Labute approximate surface area is 379 Å². The minimum atomic E-state index is -1.13. The zero-order valence-corrected chi connectivity index (χ0v) is 38.4. The summed E-state index contributed by atoms with van der Waals surface area (Å²) in [7, 11) is 3.17. The van der Waals surface area contributed by atoms with Gasteiger partial charge in [0.2, 0.25) is 11.8 Å². The molecule has 4 unspecified atom stereocenters. The van der Waals surface area contributed by atoms with E-state index in [2.05, 4.69) is 20.3 Å². The molecule has 0 aliphatic rings. The summed E-state index contributed by atoms with van der Waals surface area (Å²) in [5.41, 5.74) is 6.62. The lowest BCUT2D eigenvalue weighted by Gasteiger charge is -2.35. The van der Waals surface area contributed by atoms with E-state index in [4.69, 9.17) is 24.7 Å². The Kier molecular flexibility index (Phi) is 20.9. The van der Waals surface area contributed by atoms with Crippen LogP contribution in [0.15, 0.2) is 66.7 Å². The predicted molar refractivity (Wildman–Crippen MR) is 237 cm³/mol. The molecule has 0 aromatic heterocycles. The number of benzene rings is 3. The third-order valence-corrected chi connectivity index (χ3v) is 11.1. The van der Waals surface area contributed by atoms with Gasteiger partial charge >= 0.3 is 5.97 Å². The van der Waals surface area contributed by atoms with Crippen LogP contribution in [-0.4, -0.2) is 80.0 Å². The lowest BCUT2D eigenvalue weighted by Crippen LogP contribution is -2.50. The number of ether oxygens (including phenoxy) is 4. The topological polar surface area (TPSA) is 260 Å². The first-order chi connectivity index (χ1) is 30.7. The van der Waals surface area contributed by atoms with Crippen molar-refractivity contribution in [1.29, 1.82) is 0 Å². The number of nitrogens with one attached hydrogen (secondary N) is 2. The van der Waals surface area contributed by atoms with E-state index in [9.17, 15) is 39.4 Å². The van der Waals surface area contributed by atoms with Gasteiger partial charge in [-0.1, -0.05) is 58.0 Å². The van der Waals surface area contributed by atoms with Gasteiger partial charge in [0.25, 0.3) is 16.1 Å². The largest absolute Gasteiger partial charge is 0.493 e. The molecule has 4 atom stereocenters. The Morgan fingerprint density at radius 3 is 1.83 bits per heavy atom. The molecule has 0 aliphatic heterocycles. The maximum Gasteiger partial charge on any atom is 0.338 e. The van der Waals surface area contributed by atoms with Crippen molar-refractivity contribution in [2.75, 3.05) is 34.0 Å². The van der Waals surface area contributed by atoms with Crippen molar-refractivity contribution in [2.45, 2.75) is 92.6 Å². The number of esters is 1. The number of rotatable bonds is 29. The van der Waals surface area contributed by atoms with Crippen LogP contribution >= 0.6 is 0 Å². The summed E-state index contributed by atoms with van der Waals surface area (Å²) in [4.78, 5) is 85.0. The van der Waals surface area contributed by atoms with Gasteiger partial charge in [-0.05, 0) is 104 Å². The molecular formula is C46H63N5O14. The van der Waals surface area contributed by atoms with Crippen LogP contribution in [0.2, 0.25) is 0 Å². The first kappa shape index (κ1) is 52.8. The Bertz CT molecular complexity index is 2040. The highest BCUT2D eigenvalue weighted by Gasteiger charge is 2.37. The smallest absolute Gasteiger partial charge is 0.338 e. The molecule has 65 heavy (non-hydrogen) atoms. The Morgan fingerprint density at radius 1 is 0.754 bits per heavy atom. The molecule has 0 saturated heterocycles. The number of hydrogen-bond acceptors (Lipinski definition) is 14. The molecule has 0 heterocycles. The van der Waals surface area contributed by atoms with Crippen LogP contribution in [0.1, 0.15) is 98.2 Å². The van der Waals surface area contributed by atoms with Gasteiger partial charge in [0.05, 0.1) is 30.7 Å². The molecule has 356 valence electrons. The summed E-state index contributed by atoms with van der Waals surface area (Å²) in [6, 6.07) is 16.6. The van der Waals surface area contributed by atoms with E-state index >= 15 is 0 Å². The molecule has 3 rings (SSSR count). The van der Waals surface area contributed by atoms with Crippen molar-refractivity contribution >= 4 is 23.7 Å². The second kappa shape index (κ2) is 25.7. The summed E-state index contributed by atoms with van der Waals surface area (Å²) in [6.45, 7) is 11.2. The molecule has 0 spiro atoms. The highest BCUT2D eigenvalue weighted by Crippen LogP contribution is 2.33. The van der Waals surface area contributed by atoms with Crippen molar-refractivity contribution in [1.82, 2.24) is 10.6 Å². The summed E-state index contributed by atoms with van der Waals surface area (Å²) >= 11 is 0. The van der Waals surface area contributed by atoms with E-state index < -0.39 is 57.3 Å². The number of primary amides is 1. The van der Waals surface area contributed by atoms with Crippen LogP contribution in [0, 0.1) is 49.3 Å². The first-order valence-electron chi connectivity index (χ1n) is 21.3. The highest BCUT2D eigenvalue weighted by molar-refractivity contribution is 5.94. The second-order valence-corrected chi connectivity index (χ2v) is 17.1. The maximum atomic E-state index is 14.2. The molecule has 0 saturated carbocycles. The fraction of sp³-hybridized carbons (Fsp3) is 0.522. The lowest BCUT2D eigenvalue weighted by atomic mass is 9.80. The average molecular weight is 910 g/mol.